The summed E-state index contributed by atoms with van der Waals surface area (Å²) in [6.45, 7) is 4.37. The quantitative estimate of drug-likeness (QED) is 0.700. The van der Waals surface area contributed by atoms with E-state index in [9.17, 15) is 4.79 Å². The fourth-order valence-corrected chi connectivity index (χ4v) is 3.21. The van der Waals surface area contributed by atoms with Crippen LogP contribution in [0.15, 0.2) is 59.1 Å². The lowest BCUT2D eigenvalue weighted by atomic mass is 10.1. The first-order chi connectivity index (χ1) is 13.4. The Kier molecular flexibility index (Phi) is 8.16. The number of hydrogen-bond acceptors (Lipinski definition) is 4. The number of carbonyl (C=O) groups excluding carboxylic acids is 1. The Balaban J connectivity index is 0.000000409. The first kappa shape index (κ1) is 21.6. The average Bonchev–Trinajstić information content (AvgIpc) is 2.69. The van der Waals surface area contributed by atoms with Crippen LogP contribution in [0.3, 0.4) is 0 Å². The van der Waals surface area contributed by atoms with Gasteiger partial charge in [0, 0.05) is 42.8 Å². The molecule has 1 aliphatic heterocycles. The molecule has 8 heteroatoms. The first-order valence-corrected chi connectivity index (χ1v) is 9.43. The van der Waals surface area contributed by atoms with Crippen LogP contribution >= 0.6 is 15.9 Å². The highest BCUT2D eigenvalue weighted by Gasteiger charge is 2.21. The number of carboxylic acids is 2. The van der Waals surface area contributed by atoms with Crippen LogP contribution in [0.25, 0.3) is 0 Å². The van der Waals surface area contributed by atoms with E-state index in [1.54, 1.807) is 0 Å². The molecule has 0 unspecified atom stereocenters. The molecule has 1 saturated heterocycles. The highest BCUT2D eigenvalue weighted by Crippen LogP contribution is 2.15. The van der Waals surface area contributed by atoms with Gasteiger partial charge >= 0.3 is 11.9 Å². The van der Waals surface area contributed by atoms with Crippen molar-refractivity contribution in [3.8, 4) is 0 Å². The number of rotatable bonds is 3. The van der Waals surface area contributed by atoms with E-state index in [4.69, 9.17) is 19.8 Å². The monoisotopic (exact) mass is 448 g/mol. The number of halogens is 1. The van der Waals surface area contributed by atoms with Crippen molar-refractivity contribution in [3.05, 3.63) is 70.2 Å². The van der Waals surface area contributed by atoms with Crippen LogP contribution in [0, 0.1) is 0 Å². The topological polar surface area (TPSA) is 98.1 Å². The molecule has 148 valence electrons. The van der Waals surface area contributed by atoms with Crippen LogP contribution in [0.1, 0.15) is 15.9 Å². The van der Waals surface area contributed by atoms with Gasteiger partial charge in [0.15, 0.2) is 0 Å². The molecule has 0 aliphatic carbocycles. The summed E-state index contributed by atoms with van der Waals surface area (Å²) >= 11 is 3.51. The molecule has 0 atom stereocenters. The van der Waals surface area contributed by atoms with Crippen molar-refractivity contribution in [1.82, 2.24) is 9.80 Å². The van der Waals surface area contributed by atoms with Crippen molar-refractivity contribution in [2.45, 2.75) is 6.54 Å². The third kappa shape index (κ3) is 6.79. The Bertz CT molecular complexity index is 808. The van der Waals surface area contributed by atoms with Gasteiger partial charge in [-0.25, -0.2) is 9.59 Å². The molecule has 28 heavy (non-hydrogen) atoms. The van der Waals surface area contributed by atoms with Gasteiger partial charge in [-0.3, -0.25) is 9.69 Å². The molecule has 3 rings (SSSR count). The van der Waals surface area contributed by atoms with Crippen molar-refractivity contribution >= 4 is 33.8 Å². The standard InChI is InChI=1S/C18H19BrN2O.C2H2O4/c19-17-8-4-5-15(13-17)14-20-9-11-21(12-10-20)18(22)16-6-2-1-3-7-16;3-1(4)2(5)6/h1-8,13H,9-12,14H2;(H,3,4)(H,5,6). The Hall–Kier alpha value is -2.71. The molecule has 1 amide bonds. The number of aliphatic carboxylic acids is 2. The van der Waals surface area contributed by atoms with E-state index in [2.05, 4.69) is 39.0 Å². The van der Waals surface area contributed by atoms with Crippen LogP contribution in [0.5, 0.6) is 0 Å². The maximum Gasteiger partial charge on any atom is 0.414 e. The van der Waals surface area contributed by atoms with E-state index in [-0.39, 0.29) is 5.91 Å². The second kappa shape index (κ2) is 10.6. The first-order valence-electron chi connectivity index (χ1n) is 8.64. The molecule has 7 nitrogen and oxygen atoms in total. The molecule has 2 N–H and O–H groups in total. The molecule has 0 saturated carbocycles. The maximum absolute atomic E-state index is 12.4. The molecule has 2 aromatic rings. The number of amides is 1. The molecule has 2 aromatic carbocycles. The molecule has 0 bridgehead atoms. The minimum absolute atomic E-state index is 0.141. The van der Waals surface area contributed by atoms with Gasteiger partial charge in [-0.05, 0) is 29.8 Å². The third-order valence-electron chi connectivity index (χ3n) is 4.16. The van der Waals surface area contributed by atoms with Crippen LogP contribution in [-0.4, -0.2) is 64.0 Å². The van der Waals surface area contributed by atoms with Gasteiger partial charge in [-0.1, -0.05) is 46.3 Å². The second-order valence-corrected chi connectivity index (χ2v) is 7.09. The Morgan fingerprint density at radius 3 is 2.00 bits per heavy atom. The van der Waals surface area contributed by atoms with Gasteiger partial charge in [0.1, 0.15) is 0 Å². The number of carbonyl (C=O) groups is 3. The summed E-state index contributed by atoms with van der Waals surface area (Å²) < 4.78 is 1.11. The van der Waals surface area contributed by atoms with Gasteiger partial charge in [0.25, 0.3) is 5.91 Å². The van der Waals surface area contributed by atoms with E-state index in [1.807, 2.05) is 41.3 Å². The fraction of sp³-hybridized carbons (Fsp3) is 0.250. The van der Waals surface area contributed by atoms with Gasteiger partial charge in [-0.2, -0.15) is 0 Å². The van der Waals surface area contributed by atoms with Crippen LogP contribution in [0.2, 0.25) is 0 Å². The summed E-state index contributed by atoms with van der Waals surface area (Å²) in [5, 5.41) is 14.8. The number of nitrogens with zero attached hydrogens (tertiary/aromatic N) is 2. The van der Waals surface area contributed by atoms with Crippen LogP contribution in [-0.2, 0) is 16.1 Å². The molecule has 0 aromatic heterocycles. The van der Waals surface area contributed by atoms with E-state index in [0.29, 0.717) is 0 Å². The lowest BCUT2D eigenvalue weighted by Crippen LogP contribution is -2.48. The second-order valence-electron chi connectivity index (χ2n) is 6.17. The molecule has 1 heterocycles. The predicted octanol–water partition coefficient (Wildman–Crippen LogP) is 2.56. The maximum atomic E-state index is 12.4. The van der Waals surface area contributed by atoms with E-state index in [1.165, 1.54) is 5.56 Å². The number of hydrogen-bond donors (Lipinski definition) is 2. The molecule has 1 aliphatic rings. The lowest BCUT2D eigenvalue weighted by Gasteiger charge is -2.34. The zero-order valence-corrected chi connectivity index (χ0v) is 16.7. The highest BCUT2D eigenvalue weighted by molar-refractivity contribution is 9.10. The molecule has 0 radical (unpaired) electrons. The normalized spacial score (nSPS) is 14.0. The minimum atomic E-state index is -1.82. The molecular formula is C20H21BrN2O5. The zero-order valence-electron chi connectivity index (χ0n) is 15.1. The highest BCUT2D eigenvalue weighted by atomic mass is 79.9. The van der Waals surface area contributed by atoms with Crippen molar-refractivity contribution < 1.29 is 24.6 Å². The number of benzene rings is 2. The van der Waals surface area contributed by atoms with Gasteiger partial charge in [0.05, 0.1) is 0 Å². The van der Waals surface area contributed by atoms with Gasteiger partial charge in [-0.15, -0.1) is 0 Å². The summed E-state index contributed by atoms with van der Waals surface area (Å²) in [6.07, 6.45) is 0. The summed E-state index contributed by atoms with van der Waals surface area (Å²) in [7, 11) is 0. The Labute approximate surface area is 171 Å². The third-order valence-corrected chi connectivity index (χ3v) is 4.65. The van der Waals surface area contributed by atoms with E-state index in [0.717, 1.165) is 42.8 Å². The lowest BCUT2D eigenvalue weighted by molar-refractivity contribution is -0.159. The van der Waals surface area contributed by atoms with Gasteiger partial charge < -0.3 is 15.1 Å². The number of carboxylic acid groups (broad SMARTS) is 2. The number of piperazine rings is 1. The van der Waals surface area contributed by atoms with Crippen molar-refractivity contribution in [2.75, 3.05) is 26.2 Å². The van der Waals surface area contributed by atoms with E-state index >= 15 is 0 Å². The van der Waals surface area contributed by atoms with Crippen molar-refractivity contribution in [2.24, 2.45) is 0 Å². The fourth-order valence-electron chi connectivity index (χ4n) is 2.77. The van der Waals surface area contributed by atoms with Crippen molar-refractivity contribution in [1.29, 1.82) is 0 Å². The smallest absolute Gasteiger partial charge is 0.414 e. The van der Waals surface area contributed by atoms with Crippen LogP contribution in [0.4, 0.5) is 0 Å². The average molecular weight is 449 g/mol. The Morgan fingerprint density at radius 1 is 0.857 bits per heavy atom. The van der Waals surface area contributed by atoms with E-state index < -0.39 is 11.9 Å². The predicted molar refractivity (Wildman–Crippen MR) is 107 cm³/mol. The zero-order chi connectivity index (χ0) is 20.5. The Morgan fingerprint density at radius 2 is 1.46 bits per heavy atom. The summed E-state index contributed by atoms with van der Waals surface area (Å²) in [6, 6.07) is 17.9. The summed E-state index contributed by atoms with van der Waals surface area (Å²) in [5.74, 6) is -3.51. The minimum Gasteiger partial charge on any atom is -0.473 e. The summed E-state index contributed by atoms with van der Waals surface area (Å²) in [4.78, 5) is 35.0. The van der Waals surface area contributed by atoms with Crippen molar-refractivity contribution in [3.63, 3.8) is 0 Å². The molecule has 0 spiro atoms. The van der Waals surface area contributed by atoms with Gasteiger partial charge in [0.2, 0.25) is 0 Å². The SMILES string of the molecule is O=C(O)C(=O)O.O=C(c1ccccc1)N1CCN(Cc2cccc(Br)c2)CC1. The molecular weight excluding hydrogens is 428 g/mol. The molecule has 1 fully saturated rings. The summed E-state index contributed by atoms with van der Waals surface area (Å²) in [5.41, 5.74) is 2.08. The van der Waals surface area contributed by atoms with Crippen LogP contribution < -0.4 is 0 Å². The largest absolute Gasteiger partial charge is 0.473 e.